The summed E-state index contributed by atoms with van der Waals surface area (Å²) in [5.74, 6) is -1.51. The van der Waals surface area contributed by atoms with E-state index in [4.69, 9.17) is 9.47 Å². The summed E-state index contributed by atoms with van der Waals surface area (Å²) in [6.45, 7) is 6.62. The van der Waals surface area contributed by atoms with Crippen molar-refractivity contribution in [2.24, 2.45) is 0 Å². The second-order valence-electron chi connectivity index (χ2n) is 6.19. The topological polar surface area (TPSA) is 90.0 Å². The zero-order valence-electron chi connectivity index (χ0n) is 12.7. The van der Waals surface area contributed by atoms with E-state index in [1.54, 1.807) is 20.8 Å². The van der Waals surface area contributed by atoms with Gasteiger partial charge >= 0.3 is 5.97 Å². The monoisotopic (exact) mass is 317 g/mol. The van der Waals surface area contributed by atoms with Gasteiger partial charge in [-0.05, 0) is 33.3 Å². The Balaban J connectivity index is 2.42. The molecule has 118 valence electrons. The molecule has 0 aromatic carbocycles. The van der Waals surface area contributed by atoms with Crippen molar-refractivity contribution in [3.05, 3.63) is 11.3 Å². The Hall–Kier alpha value is -1.41. The highest BCUT2D eigenvalue weighted by Crippen LogP contribution is 2.38. The van der Waals surface area contributed by atoms with E-state index in [-0.39, 0.29) is 11.4 Å². The average Bonchev–Trinajstić information content (AvgIpc) is 2.27. The summed E-state index contributed by atoms with van der Waals surface area (Å²) in [7, 11) is -2.29. The van der Waals surface area contributed by atoms with E-state index in [9.17, 15) is 18.0 Å². The van der Waals surface area contributed by atoms with Crippen LogP contribution in [0.2, 0.25) is 0 Å². The van der Waals surface area contributed by atoms with E-state index in [1.165, 1.54) is 14.0 Å². The summed E-state index contributed by atoms with van der Waals surface area (Å²) in [5, 5.41) is -1.14. The Morgan fingerprint density at radius 1 is 1.33 bits per heavy atom. The van der Waals surface area contributed by atoms with Gasteiger partial charge < -0.3 is 9.47 Å². The first kappa shape index (κ1) is 16.0. The van der Waals surface area contributed by atoms with E-state index in [0.29, 0.717) is 5.57 Å². The van der Waals surface area contributed by atoms with Crippen molar-refractivity contribution < 1.29 is 27.5 Å². The molecule has 7 nitrogen and oxygen atoms in total. The van der Waals surface area contributed by atoms with Crippen LogP contribution in [-0.4, -0.2) is 55.1 Å². The predicted octanol–water partition coefficient (Wildman–Crippen LogP) is 0.214. The van der Waals surface area contributed by atoms with Gasteiger partial charge in [-0.1, -0.05) is 0 Å². The standard InChI is InChI=1S/C13H19NO6S/c1-7-6-21(17,18)11-9(19-5)10(15)14(11)8(7)12(16)20-13(2,3)4/h9,11H,6H2,1-5H3. The molecule has 0 N–H and O–H groups in total. The lowest BCUT2D eigenvalue weighted by Gasteiger charge is -2.48. The van der Waals surface area contributed by atoms with E-state index in [1.807, 2.05) is 0 Å². The highest BCUT2D eigenvalue weighted by molar-refractivity contribution is 7.92. The summed E-state index contributed by atoms with van der Waals surface area (Å²) >= 11 is 0. The molecule has 21 heavy (non-hydrogen) atoms. The molecular weight excluding hydrogens is 298 g/mol. The zero-order valence-corrected chi connectivity index (χ0v) is 13.5. The molecule has 0 radical (unpaired) electrons. The molecule has 8 heteroatoms. The lowest BCUT2D eigenvalue weighted by molar-refractivity contribution is -0.167. The van der Waals surface area contributed by atoms with Gasteiger partial charge in [0.2, 0.25) is 0 Å². The average molecular weight is 317 g/mol. The van der Waals surface area contributed by atoms with Crippen LogP contribution in [0.1, 0.15) is 27.7 Å². The highest BCUT2D eigenvalue weighted by Gasteiger charge is 2.60. The maximum atomic E-state index is 12.3. The first-order chi connectivity index (χ1) is 9.49. The fourth-order valence-electron chi connectivity index (χ4n) is 2.50. The van der Waals surface area contributed by atoms with Gasteiger partial charge in [0.25, 0.3) is 5.91 Å². The van der Waals surface area contributed by atoms with Gasteiger partial charge in [-0.15, -0.1) is 0 Å². The van der Waals surface area contributed by atoms with Crippen molar-refractivity contribution in [3.63, 3.8) is 0 Å². The van der Waals surface area contributed by atoms with Crippen molar-refractivity contribution in [2.75, 3.05) is 12.9 Å². The van der Waals surface area contributed by atoms with Gasteiger partial charge in [0, 0.05) is 7.11 Å². The molecule has 0 aromatic rings. The first-order valence-electron chi connectivity index (χ1n) is 6.50. The molecule has 2 unspecified atom stereocenters. The van der Waals surface area contributed by atoms with Gasteiger partial charge in [-0.3, -0.25) is 9.69 Å². The fraction of sp³-hybridized carbons (Fsp3) is 0.692. The van der Waals surface area contributed by atoms with Crippen LogP contribution in [0, 0.1) is 0 Å². The van der Waals surface area contributed by atoms with E-state index in [2.05, 4.69) is 0 Å². The Bertz CT molecular complexity index is 628. The number of fused-ring (bicyclic) bond motifs is 1. The van der Waals surface area contributed by atoms with Crippen molar-refractivity contribution in [2.45, 2.75) is 44.8 Å². The molecule has 0 aliphatic carbocycles. The molecule has 2 rings (SSSR count). The third-order valence-electron chi connectivity index (χ3n) is 3.27. The van der Waals surface area contributed by atoms with Crippen LogP contribution in [0.3, 0.4) is 0 Å². The minimum Gasteiger partial charge on any atom is -0.455 e. The Morgan fingerprint density at radius 3 is 2.38 bits per heavy atom. The van der Waals surface area contributed by atoms with Crippen molar-refractivity contribution in [1.82, 2.24) is 4.90 Å². The molecule has 1 amide bonds. The number of amides is 1. The molecular formula is C13H19NO6S. The maximum absolute atomic E-state index is 12.3. The molecule has 2 atom stereocenters. The molecule has 2 aliphatic heterocycles. The fourth-order valence-corrected chi connectivity index (χ4v) is 4.55. The number of hydrogen-bond acceptors (Lipinski definition) is 6. The van der Waals surface area contributed by atoms with Crippen LogP contribution >= 0.6 is 0 Å². The minimum absolute atomic E-state index is 0.0167. The number of β-lactam (4-membered cyclic amide) rings is 1. The lowest BCUT2D eigenvalue weighted by Crippen LogP contribution is -2.70. The molecule has 0 saturated carbocycles. The predicted molar refractivity (Wildman–Crippen MR) is 73.8 cm³/mol. The third-order valence-corrected chi connectivity index (χ3v) is 5.30. The number of methoxy groups -OCH3 is 1. The summed E-state index contributed by atoms with van der Waals surface area (Å²) in [4.78, 5) is 25.3. The van der Waals surface area contributed by atoms with Crippen LogP contribution in [0.15, 0.2) is 11.3 Å². The second-order valence-corrected chi connectivity index (χ2v) is 8.29. The molecule has 1 fully saturated rings. The SMILES string of the molecule is COC1C(=O)N2C(C(=O)OC(C)(C)C)=C(C)CS(=O)(=O)C12. The minimum atomic E-state index is -3.56. The van der Waals surface area contributed by atoms with Gasteiger partial charge in [-0.2, -0.15) is 0 Å². The van der Waals surface area contributed by atoms with Crippen molar-refractivity contribution in [1.29, 1.82) is 0 Å². The van der Waals surface area contributed by atoms with E-state index >= 15 is 0 Å². The third kappa shape index (κ3) is 2.57. The molecule has 0 bridgehead atoms. The zero-order chi connectivity index (χ0) is 16.2. The van der Waals surface area contributed by atoms with Gasteiger partial charge in [0.05, 0.1) is 5.75 Å². The molecule has 0 aromatic heterocycles. The largest absolute Gasteiger partial charge is 0.455 e. The normalized spacial score (nSPS) is 28.0. The van der Waals surface area contributed by atoms with Crippen LogP contribution in [0.4, 0.5) is 0 Å². The number of nitrogens with zero attached hydrogens (tertiary/aromatic N) is 1. The van der Waals surface area contributed by atoms with Crippen LogP contribution in [0.25, 0.3) is 0 Å². The lowest BCUT2D eigenvalue weighted by atomic mass is 10.1. The number of carbonyl (C=O) groups excluding carboxylic acids is 2. The number of hydrogen-bond donors (Lipinski definition) is 0. The summed E-state index contributed by atoms with van der Waals surface area (Å²) in [6, 6.07) is 0. The van der Waals surface area contributed by atoms with Crippen LogP contribution in [-0.2, 0) is 28.9 Å². The highest BCUT2D eigenvalue weighted by atomic mass is 32.2. The molecule has 2 heterocycles. The van der Waals surface area contributed by atoms with Crippen molar-refractivity contribution >= 4 is 21.7 Å². The number of ether oxygens (including phenoxy) is 2. The Labute approximate surface area is 123 Å². The molecule has 0 spiro atoms. The Kier molecular flexibility index (Phi) is 3.66. The number of esters is 1. The summed E-state index contributed by atoms with van der Waals surface area (Å²) in [6.07, 6.45) is -1.06. The van der Waals surface area contributed by atoms with E-state index < -0.39 is 38.8 Å². The first-order valence-corrected chi connectivity index (χ1v) is 8.21. The quantitative estimate of drug-likeness (QED) is 0.534. The number of carbonyl (C=O) groups is 2. The smallest absolute Gasteiger partial charge is 0.355 e. The number of sulfone groups is 1. The molecule has 1 saturated heterocycles. The van der Waals surface area contributed by atoms with Crippen LogP contribution in [0.5, 0.6) is 0 Å². The summed E-state index contributed by atoms with van der Waals surface area (Å²) in [5.41, 5.74) is -0.406. The van der Waals surface area contributed by atoms with Gasteiger partial charge in [0.15, 0.2) is 21.3 Å². The van der Waals surface area contributed by atoms with Crippen LogP contribution < -0.4 is 0 Å². The Morgan fingerprint density at radius 2 is 1.90 bits per heavy atom. The number of rotatable bonds is 2. The van der Waals surface area contributed by atoms with Gasteiger partial charge in [0.1, 0.15) is 11.3 Å². The van der Waals surface area contributed by atoms with Gasteiger partial charge in [-0.25, -0.2) is 13.2 Å². The molecule has 2 aliphatic rings. The maximum Gasteiger partial charge on any atom is 0.355 e. The summed E-state index contributed by atoms with van der Waals surface area (Å²) < 4.78 is 34.5. The van der Waals surface area contributed by atoms with E-state index in [0.717, 1.165) is 4.90 Å². The second kappa shape index (κ2) is 4.81. The van der Waals surface area contributed by atoms with Crippen molar-refractivity contribution in [3.8, 4) is 0 Å².